The van der Waals surface area contributed by atoms with Crippen molar-refractivity contribution in [3.63, 3.8) is 0 Å². The van der Waals surface area contributed by atoms with Gasteiger partial charge in [-0.05, 0) is 107 Å². The zero-order chi connectivity index (χ0) is 52.5. The summed E-state index contributed by atoms with van der Waals surface area (Å²) in [4.78, 5) is 18.7. The molecule has 0 spiro atoms. The average Bonchev–Trinajstić information content (AvgIpc) is 4.36. The maximum absolute atomic E-state index is 9.58. The Bertz CT molecular complexity index is 2800. The number of pyridine rings is 4. The first kappa shape index (κ1) is 61.8. The van der Waals surface area contributed by atoms with Crippen molar-refractivity contribution in [2.24, 2.45) is 0 Å². The number of fused-ring (bicyclic) bond motifs is 6. The van der Waals surface area contributed by atoms with Gasteiger partial charge in [-0.2, -0.15) is 0 Å². The third kappa shape index (κ3) is 18.8. The van der Waals surface area contributed by atoms with E-state index in [-0.39, 0.29) is 44.8 Å². The predicted molar refractivity (Wildman–Crippen MR) is 289 cm³/mol. The molecule has 3 saturated heterocycles. The second-order valence-corrected chi connectivity index (χ2v) is 17.0. The van der Waals surface area contributed by atoms with Crippen LogP contribution in [0.15, 0.2) is 195 Å². The minimum Gasteiger partial charge on any atom is -0.385 e. The first-order chi connectivity index (χ1) is 36.8. The third-order valence-corrected chi connectivity index (χ3v) is 12.1. The van der Waals surface area contributed by atoms with Gasteiger partial charge in [0.2, 0.25) is 0 Å². The monoisotopic (exact) mass is 1230 g/mol. The Balaban J connectivity index is 0.000000198. The molecule has 0 saturated carbocycles. The van der Waals surface area contributed by atoms with Crippen LogP contribution in [0.3, 0.4) is 0 Å². The van der Waals surface area contributed by atoms with Gasteiger partial charge in [0.1, 0.15) is 0 Å². The van der Waals surface area contributed by atoms with Crippen LogP contribution in [0, 0.1) is 13.4 Å². The van der Waals surface area contributed by atoms with Gasteiger partial charge < -0.3 is 40.6 Å². The summed E-state index contributed by atoms with van der Waals surface area (Å²) in [7, 11) is 0. The topological polar surface area (TPSA) is 79.2 Å². The predicted octanol–water partition coefficient (Wildman–Crippen LogP) is 17.3. The Morgan fingerprint density at radius 1 is 0.273 bits per heavy atom. The maximum atomic E-state index is 9.58. The summed E-state index contributed by atoms with van der Waals surface area (Å²) >= 11 is 0. The van der Waals surface area contributed by atoms with Crippen LogP contribution in [0.2, 0.25) is 0 Å². The molecule has 3 aliphatic heterocycles. The number of hydrogen-bond acceptors (Lipinski definition) is 7. The quantitative estimate of drug-likeness (QED) is 0.0752. The van der Waals surface area contributed by atoms with Crippen molar-refractivity contribution in [1.29, 1.82) is 0 Å². The molecule has 77 heavy (non-hydrogen) atoms. The van der Waals surface area contributed by atoms with Crippen molar-refractivity contribution < 1.29 is 85.3 Å². The Hall–Kier alpha value is -6.10. The molecule has 0 aliphatic carbocycles. The SMILES string of the molecule is C1CCOC1.C1CCOC1.C1CCOC1.F[C-](F)F.F[C-](F)F.[Ag+].[Ag+].c1ccc(-c2ccnc3c2ccc2c(-c4ccccc4)ccnc23)cc1.c1ccc(-c2ccnc3c2ccc2c(-c4ccccc4)ccnc23)cc1. The number of nitrogens with zero attached hydrogens (tertiary/aromatic N) is 4. The number of rotatable bonds is 4. The van der Waals surface area contributed by atoms with E-state index in [1.807, 2.05) is 49.1 Å². The third-order valence-electron chi connectivity index (χ3n) is 12.1. The van der Waals surface area contributed by atoms with Gasteiger partial charge in [0.25, 0.3) is 0 Å². The molecule has 406 valence electrons. The molecule has 3 aliphatic rings. The fourth-order valence-corrected chi connectivity index (χ4v) is 8.66. The van der Waals surface area contributed by atoms with Crippen LogP contribution < -0.4 is 0 Å². The van der Waals surface area contributed by atoms with Gasteiger partial charge in [-0.15, -0.1) is 0 Å². The van der Waals surface area contributed by atoms with E-state index in [0.717, 1.165) is 83.3 Å². The van der Waals surface area contributed by atoms with E-state index in [1.165, 1.54) is 83.0 Å². The number of ether oxygens (including phenoxy) is 3. The standard InChI is InChI=1S/2C24H16N2.3C4H8O.2CF3.2Ag/c2*1-3-7-17(8-4-1)19-13-15-25-23-21(19)11-12-22-20(14-16-26-24(22)23)18-9-5-2-6-10-18;3*1-2-4-5-3-1;2*2-1(3)4;;/h2*1-16H;3*1-4H2;;;;/q;;;;;2*-1;2*+1. The van der Waals surface area contributed by atoms with E-state index in [4.69, 9.17) is 14.2 Å². The first-order valence-electron chi connectivity index (χ1n) is 24.7. The molecule has 13 rings (SSSR count). The number of halogens is 6. The fourth-order valence-electron chi connectivity index (χ4n) is 8.66. The van der Waals surface area contributed by atoms with Crippen LogP contribution in [-0.4, -0.2) is 59.6 Å². The van der Waals surface area contributed by atoms with Gasteiger partial charge >= 0.3 is 44.8 Å². The molecule has 7 nitrogen and oxygen atoms in total. The molecule has 10 aromatic rings. The van der Waals surface area contributed by atoms with Crippen molar-refractivity contribution >= 4 is 43.6 Å². The van der Waals surface area contributed by atoms with Crippen LogP contribution in [0.1, 0.15) is 38.5 Å². The summed E-state index contributed by atoms with van der Waals surface area (Å²) in [6.07, 6.45) is 15.2. The molecule has 15 heteroatoms. The van der Waals surface area contributed by atoms with Crippen molar-refractivity contribution in [3.8, 4) is 44.5 Å². The molecule has 6 aromatic carbocycles. The Morgan fingerprint density at radius 2 is 0.455 bits per heavy atom. The van der Waals surface area contributed by atoms with Crippen molar-refractivity contribution in [3.05, 3.63) is 208 Å². The molecule has 3 fully saturated rings. The van der Waals surface area contributed by atoms with Crippen LogP contribution >= 0.6 is 0 Å². The van der Waals surface area contributed by atoms with Crippen LogP contribution in [0.25, 0.3) is 88.1 Å². The van der Waals surface area contributed by atoms with E-state index in [0.29, 0.717) is 0 Å². The molecule has 0 amide bonds. The Labute approximate surface area is 476 Å². The van der Waals surface area contributed by atoms with Gasteiger partial charge in [-0.1, -0.05) is 146 Å². The van der Waals surface area contributed by atoms with Crippen molar-refractivity contribution in [1.82, 2.24) is 19.9 Å². The van der Waals surface area contributed by atoms with Crippen molar-refractivity contribution in [2.75, 3.05) is 39.6 Å². The summed E-state index contributed by atoms with van der Waals surface area (Å²) in [6.45, 7) is -0.167. The molecule has 0 N–H and O–H groups in total. The second-order valence-electron chi connectivity index (χ2n) is 17.0. The summed E-state index contributed by atoms with van der Waals surface area (Å²) in [6, 6.07) is 58.7. The van der Waals surface area contributed by atoms with Gasteiger partial charge in [-0.3, -0.25) is 19.9 Å². The smallest absolute Gasteiger partial charge is 0.385 e. The van der Waals surface area contributed by atoms with Gasteiger partial charge in [0.15, 0.2) is 13.4 Å². The Kier molecular flexibility index (Phi) is 27.2. The average molecular weight is 1230 g/mol. The van der Waals surface area contributed by atoms with E-state index in [9.17, 15) is 26.3 Å². The molecule has 0 radical (unpaired) electrons. The Morgan fingerprint density at radius 3 is 0.610 bits per heavy atom. The number of benzene rings is 6. The normalized spacial score (nSPS) is 13.1. The van der Waals surface area contributed by atoms with Crippen molar-refractivity contribution in [2.45, 2.75) is 38.5 Å². The molecule has 7 heterocycles. The minimum absolute atomic E-state index is 0. The summed E-state index contributed by atoms with van der Waals surface area (Å²) in [5, 5.41) is 4.51. The molecular weight excluding hydrogens is 1180 g/mol. The van der Waals surface area contributed by atoms with Crippen LogP contribution in [-0.2, 0) is 59.0 Å². The van der Waals surface area contributed by atoms with E-state index in [2.05, 4.69) is 166 Å². The molecule has 0 atom stereocenters. The minimum atomic E-state index is -3.08. The summed E-state index contributed by atoms with van der Waals surface area (Å²) in [5.74, 6) is 0. The number of hydrogen-bond donors (Lipinski definition) is 0. The first-order valence-corrected chi connectivity index (χ1v) is 24.7. The van der Waals surface area contributed by atoms with E-state index >= 15 is 0 Å². The van der Waals surface area contributed by atoms with Gasteiger partial charge in [0.05, 0.1) is 22.1 Å². The largest absolute Gasteiger partial charge is 1.00 e. The number of aromatic nitrogens is 4. The maximum Gasteiger partial charge on any atom is 1.00 e. The van der Waals surface area contributed by atoms with E-state index in [1.54, 1.807) is 0 Å². The molecule has 0 bridgehead atoms. The molecule has 0 unspecified atom stereocenters. The van der Waals surface area contributed by atoms with Gasteiger partial charge in [0, 0.05) is 86.0 Å². The second kappa shape index (κ2) is 33.9. The fraction of sp³-hybridized carbons (Fsp3) is 0.194. The molecular formula is C62H56Ag2F6N4O3. The van der Waals surface area contributed by atoms with Gasteiger partial charge in [-0.25, -0.2) is 0 Å². The van der Waals surface area contributed by atoms with E-state index < -0.39 is 13.4 Å². The van der Waals surface area contributed by atoms with Crippen LogP contribution in [0.4, 0.5) is 26.3 Å². The zero-order valence-corrected chi connectivity index (χ0v) is 44.8. The summed E-state index contributed by atoms with van der Waals surface area (Å²) in [5.41, 5.74) is 13.3. The summed E-state index contributed by atoms with van der Waals surface area (Å²) < 4.78 is 72.3. The zero-order valence-electron chi connectivity index (χ0n) is 41.8. The van der Waals surface area contributed by atoms with Crippen LogP contribution in [0.5, 0.6) is 0 Å². The molecule has 4 aromatic heterocycles.